The number of anilines is 6. The number of benzene rings is 12. The zero-order valence-corrected chi connectivity index (χ0v) is 39.0. The molecule has 0 saturated carbocycles. The van der Waals surface area contributed by atoms with Crippen LogP contribution in [-0.2, 0) is 5.41 Å². The molecule has 332 valence electrons. The Bertz CT molecular complexity index is 3730. The van der Waals surface area contributed by atoms with Crippen LogP contribution in [0.3, 0.4) is 0 Å². The summed E-state index contributed by atoms with van der Waals surface area (Å²) in [6.07, 6.45) is 0. The molecule has 14 rings (SSSR count). The fourth-order valence-electron chi connectivity index (χ4n) is 12.1. The van der Waals surface area contributed by atoms with Crippen molar-refractivity contribution in [3.63, 3.8) is 0 Å². The molecule has 0 aliphatic heterocycles. The van der Waals surface area contributed by atoms with Gasteiger partial charge in [0.1, 0.15) is 0 Å². The maximum absolute atomic E-state index is 2.51. The third kappa shape index (κ3) is 6.28. The summed E-state index contributed by atoms with van der Waals surface area (Å²) in [5.74, 6) is 0. The molecule has 71 heavy (non-hydrogen) atoms. The van der Waals surface area contributed by atoms with E-state index in [2.05, 4.69) is 289 Å². The predicted molar refractivity (Wildman–Crippen MR) is 298 cm³/mol. The zero-order valence-electron chi connectivity index (χ0n) is 39.0. The average molecular weight is 903 g/mol. The van der Waals surface area contributed by atoms with Crippen LogP contribution >= 0.6 is 0 Å². The third-order valence-electron chi connectivity index (χ3n) is 15.0. The minimum absolute atomic E-state index is 0.619. The zero-order chi connectivity index (χ0) is 46.9. The molecule has 0 N–H and O–H groups in total. The summed E-state index contributed by atoms with van der Waals surface area (Å²) < 4.78 is 0. The summed E-state index contributed by atoms with van der Waals surface area (Å²) in [5, 5.41) is 4.87. The SMILES string of the molecule is c1ccc(-c2c(N(c3ccccc3)c3ccc4c(c3)C3(c5ccccc5-4)c4ccccc4-c4ccc(N(c5ccccc5)c5ccc6ccccc6c5-c5ccccc5)cc43)ccc3ccccc23)cc1. The Kier molecular flexibility index (Phi) is 9.47. The first-order chi connectivity index (χ1) is 35.3. The van der Waals surface area contributed by atoms with Crippen LogP contribution in [0.1, 0.15) is 22.3 Å². The molecular formula is C69H46N2. The molecule has 0 amide bonds. The average Bonchev–Trinajstić information content (AvgIpc) is 3.91. The Morgan fingerprint density at radius 1 is 0.239 bits per heavy atom. The normalized spacial score (nSPS) is 12.6. The van der Waals surface area contributed by atoms with Gasteiger partial charge >= 0.3 is 0 Å². The third-order valence-corrected chi connectivity index (χ3v) is 15.0. The quantitative estimate of drug-likeness (QED) is 0.150. The van der Waals surface area contributed by atoms with E-state index >= 15 is 0 Å². The van der Waals surface area contributed by atoms with E-state index in [-0.39, 0.29) is 0 Å². The van der Waals surface area contributed by atoms with Crippen molar-refractivity contribution in [1.82, 2.24) is 0 Å². The van der Waals surface area contributed by atoms with Gasteiger partial charge in [-0.25, -0.2) is 0 Å². The van der Waals surface area contributed by atoms with Crippen molar-refractivity contribution in [2.75, 3.05) is 9.80 Å². The Hall–Kier alpha value is -9.24. The highest BCUT2D eigenvalue weighted by Crippen LogP contribution is 2.64. The lowest BCUT2D eigenvalue weighted by molar-refractivity contribution is 0.793. The summed E-state index contributed by atoms with van der Waals surface area (Å²) in [6.45, 7) is 0. The lowest BCUT2D eigenvalue weighted by Crippen LogP contribution is -2.26. The molecule has 0 bridgehead atoms. The smallest absolute Gasteiger partial charge is 0.0727 e. The highest BCUT2D eigenvalue weighted by atomic mass is 15.2. The monoisotopic (exact) mass is 902 g/mol. The van der Waals surface area contributed by atoms with Gasteiger partial charge in [-0.1, -0.05) is 218 Å². The summed E-state index contributed by atoms with van der Waals surface area (Å²) in [7, 11) is 0. The standard InChI is InChI=1S/C69H46N2/c1-5-23-49(24-6-1)67-55-31-15-13-21-47(55)37-43-65(67)70(51-27-9-3-10-28-51)53-39-41-59-57-33-17-19-35-61(57)69(63(59)45-53)62-36-20-18-34-58(62)60-42-40-54(46-64(60)69)71(52-29-11-4-12-30-52)66-44-38-48-22-14-16-32-56(48)68(66)50-25-7-2-8-26-50/h1-46H. The molecule has 12 aromatic rings. The van der Waals surface area contributed by atoms with Crippen LogP contribution in [0.25, 0.3) is 66.1 Å². The molecule has 0 fully saturated rings. The molecule has 2 nitrogen and oxygen atoms in total. The van der Waals surface area contributed by atoms with Gasteiger partial charge in [-0.3, -0.25) is 0 Å². The summed E-state index contributed by atoms with van der Waals surface area (Å²) in [4.78, 5) is 4.96. The van der Waals surface area contributed by atoms with Crippen LogP contribution in [0.15, 0.2) is 279 Å². The Morgan fingerprint density at radius 2 is 0.592 bits per heavy atom. The highest BCUT2D eigenvalue weighted by Gasteiger charge is 2.52. The van der Waals surface area contributed by atoms with E-state index in [9.17, 15) is 0 Å². The lowest BCUT2D eigenvalue weighted by Gasteiger charge is -2.34. The predicted octanol–water partition coefficient (Wildman–Crippen LogP) is 18.6. The minimum Gasteiger partial charge on any atom is -0.310 e. The van der Waals surface area contributed by atoms with Crippen molar-refractivity contribution >= 4 is 55.7 Å². The van der Waals surface area contributed by atoms with Crippen molar-refractivity contribution in [2.24, 2.45) is 0 Å². The van der Waals surface area contributed by atoms with Crippen molar-refractivity contribution < 1.29 is 0 Å². The van der Waals surface area contributed by atoms with E-state index < -0.39 is 5.41 Å². The molecule has 0 atom stereocenters. The summed E-state index contributed by atoms with van der Waals surface area (Å²) >= 11 is 0. The molecule has 2 aliphatic carbocycles. The van der Waals surface area contributed by atoms with Gasteiger partial charge in [-0.2, -0.15) is 0 Å². The first-order valence-electron chi connectivity index (χ1n) is 24.6. The van der Waals surface area contributed by atoms with Crippen LogP contribution < -0.4 is 9.80 Å². The van der Waals surface area contributed by atoms with Crippen molar-refractivity contribution in [2.45, 2.75) is 5.41 Å². The largest absolute Gasteiger partial charge is 0.310 e. The second kappa shape index (κ2) is 16.5. The lowest BCUT2D eigenvalue weighted by atomic mass is 9.70. The second-order valence-corrected chi connectivity index (χ2v) is 18.7. The maximum atomic E-state index is 2.51. The van der Waals surface area contributed by atoms with Crippen LogP contribution in [0.4, 0.5) is 34.1 Å². The van der Waals surface area contributed by atoms with Crippen LogP contribution in [0.2, 0.25) is 0 Å². The van der Waals surface area contributed by atoms with E-state index in [0.717, 1.165) is 34.1 Å². The van der Waals surface area contributed by atoms with Crippen LogP contribution in [-0.4, -0.2) is 0 Å². The molecule has 2 aliphatic rings. The molecular weight excluding hydrogens is 857 g/mol. The number of hydrogen-bond donors (Lipinski definition) is 0. The first kappa shape index (κ1) is 40.8. The van der Waals surface area contributed by atoms with Crippen LogP contribution in [0.5, 0.6) is 0 Å². The molecule has 0 unspecified atom stereocenters. The van der Waals surface area contributed by atoms with E-state index in [1.165, 1.54) is 88.3 Å². The number of para-hydroxylation sites is 2. The van der Waals surface area contributed by atoms with E-state index in [1.807, 2.05) is 0 Å². The summed E-state index contributed by atoms with van der Waals surface area (Å²) in [6, 6.07) is 103. The van der Waals surface area contributed by atoms with E-state index in [1.54, 1.807) is 0 Å². The maximum Gasteiger partial charge on any atom is 0.0727 e. The molecule has 1 spiro atoms. The van der Waals surface area contributed by atoms with Gasteiger partial charge in [0.05, 0.1) is 16.8 Å². The Balaban J connectivity index is 1.04. The molecule has 0 saturated heterocycles. The Morgan fingerprint density at radius 3 is 1.03 bits per heavy atom. The van der Waals surface area contributed by atoms with Gasteiger partial charge < -0.3 is 9.80 Å². The fraction of sp³-hybridized carbons (Fsp3) is 0.0145. The number of fused-ring (bicyclic) bond motifs is 12. The molecule has 12 aromatic carbocycles. The van der Waals surface area contributed by atoms with Crippen molar-refractivity contribution in [1.29, 1.82) is 0 Å². The fourth-order valence-corrected chi connectivity index (χ4v) is 12.1. The van der Waals surface area contributed by atoms with E-state index in [4.69, 9.17) is 0 Å². The van der Waals surface area contributed by atoms with Gasteiger partial charge in [0.25, 0.3) is 0 Å². The van der Waals surface area contributed by atoms with Gasteiger partial charge in [0.15, 0.2) is 0 Å². The number of nitrogens with zero attached hydrogens (tertiary/aromatic N) is 2. The second-order valence-electron chi connectivity index (χ2n) is 18.7. The highest BCUT2D eigenvalue weighted by molar-refractivity contribution is 6.08. The van der Waals surface area contributed by atoms with Crippen molar-refractivity contribution in [3.8, 4) is 44.5 Å². The topological polar surface area (TPSA) is 6.48 Å². The van der Waals surface area contributed by atoms with Gasteiger partial charge in [0.2, 0.25) is 0 Å². The minimum atomic E-state index is -0.619. The van der Waals surface area contributed by atoms with Gasteiger partial charge in [-0.15, -0.1) is 0 Å². The van der Waals surface area contributed by atoms with E-state index in [0.29, 0.717) is 0 Å². The summed E-state index contributed by atoms with van der Waals surface area (Å²) in [5.41, 5.74) is 21.0. The van der Waals surface area contributed by atoms with Gasteiger partial charge in [0, 0.05) is 33.9 Å². The van der Waals surface area contributed by atoms with Crippen molar-refractivity contribution in [3.05, 3.63) is 301 Å². The molecule has 0 aromatic heterocycles. The van der Waals surface area contributed by atoms with Crippen LogP contribution in [0, 0.1) is 0 Å². The molecule has 2 heteroatoms. The first-order valence-corrected chi connectivity index (χ1v) is 24.6. The van der Waals surface area contributed by atoms with Gasteiger partial charge in [-0.05, 0) is 138 Å². The number of hydrogen-bond acceptors (Lipinski definition) is 2. The number of rotatable bonds is 8. The molecule has 0 radical (unpaired) electrons. The Labute approximate surface area is 414 Å². The molecule has 0 heterocycles.